The molecule has 0 aliphatic carbocycles. The van der Waals surface area contributed by atoms with Crippen molar-refractivity contribution in [2.24, 2.45) is 5.92 Å². The van der Waals surface area contributed by atoms with Gasteiger partial charge in [0.1, 0.15) is 5.82 Å². The van der Waals surface area contributed by atoms with Crippen molar-refractivity contribution in [3.05, 3.63) is 35.6 Å². The van der Waals surface area contributed by atoms with Gasteiger partial charge in [-0.3, -0.25) is 14.4 Å². The lowest BCUT2D eigenvalue weighted by Crippen LogP contribution is -2.45. The Morgan fingerprint density at radius 1 is 1.26 bits per heavy atom. The van der Waals surface area contributed by atoms with Crippen molar-refractivity contribution in [3.8, 4) is 0 Å². The maximum atomic E-state index is 12.9. The summed E-state index contributed by atoms with van der Waals surface area (Å²) in [5.74, 6) is -2.18. The van der Waals surface area contributed by atoms with Crippen molar-refractivity contribution in [2.45, 2.75) is 19.3 Å². The van der Waals surface area contributed by atoms with E-state index < -0.39 is 11.8 Å². The van der Waals surface area contributed by atoms with Crippen LogP contribution in [0.25, 0.3) is 0 Å². The van der Waals surface area contributed by atoms with E-state index in [-0.39, 0.29) is 37.2 Å². The maximum Gasteiger partial charge on any atom is 0.305 e. The fourth-order valence-electron chi connectivity index (χ4n) is 2.59. The van der Waals surface area contributed by atoms with Crippen LogP contribution in [0.5, 0.6) is 0 Å². The number of aliphatic carboxylic acids is 1. The summed E-state index contributed by atoms with van der Waals surface area (Å²) in [6.07, 6.45) is 1.23. The van der Waals surface area contributed by atoms with Gasteiger partial charge in [-0.2, -0.15) is 0 Å². The van der Waals surface area contributed by atoms with Crippen LogP contribution in [0.2, 0.25) is 0 Å². The van der Waals surface area contributed by atoms with Gasteiger partial charge in [-0.1, -0.05) is 0 Å². The summed E-state index contributed by atoms with van der Waals surface area (Å²) in [4.78, 5) is 36.4. The average Bonchev–Trinajstić information content (AvgIpc) is 2.54. The first kappa shape index (κ1) is 16.9. The lowest BCUT2D eigenvalue weighted by Gasteiger charge is -2.32. The number of piperidine rings is 1. The third kappa shape index (κ3) is 4.77. The minimum atomic E-state index is -0.970. The van der Waals surface area contributed by atoms with E-state index >= 15 is 0 Å². The number of carbonyl (C=O) groups excluding carboxylic acids is 2. The first-order valence-corrected chi connectivity index (χ1v) is 7.51. The standard InChI is InChI=1S/C16H19FN2O4/c17-13-5-3-11(4-6-13)16(23)19-9-1-2-12(10-19)15(22)18-8-7-14(20)21/h3-6,12H,1-2,7-10H2,(H,18,22)(H,20,21). The monoisotopic (exact) mass is 322 g/mol. The van der Waals surface area contributed by atoms with Crippen LogP contribution in [-0.2, 0) is 9.59 Å². The lowest BCUT2D eigenvalue weighted by molar-refractivity contribution is -0.137. The zero-order valence-electron chi connectivity index (χ0n) is 12.6. The normalized spacial score (nSPS) is 17.6. The molecule has 0 aromatic heterocycles. The minimum Gasteiger partial charge on any atom is -0.481 e. The number of hydrogen-bond acceptors (Lipinski definition) is 3. The zero-order chi connectivity index (χ0) is 16.8. The Morgan fingerprint density at radius 2 is 1.96 bits per heavy atom. The number of nitrogens with one attached hydrogen (secondary N) is 1. The second-order valence-electron chi connectivity index (χ2n) is 5.53. The summed E-state index contributed by atoms with van der Waals surface area (Å²) >= 11 is 0. The van der Waals surface area contributed by atoms with Crippen LogP contribution in [0.1, 0.15) is 29.6 Å². The van der Waals surface area contributed by atoms with Crippen LogP contribution in [0, 0.1) is 11.7 Å². The number of rotatable bonds is 5. The predicted molar refractivity (Wildman–Crippen MR) is 80.3 cm³/mol. The van der Waals surface area contributed by atoms with E-state index in [9.17, 15) is 18.8 Å². The van der Waals surface area contributed by atoms with Gasteiger partial charge < -0.3 is 15.3 Å². The van der Waals surface area contributed by atoms with Crippen LogP contribution in [0.4, 0.5) is 4.39 Å². The van der Waals surface area contributed by atoms with Crippen molar-refractivity contribution < 1.29 is 23.9 Å². The van der Waals surface area contributed by atoms with Crippen molar-refractivity contribution in [2.75, 3.05) is 19.6 Å². The molecule has 0 saturated carbocycles. The molecule has 2 N–H and O–H groups in total. The highest BCUT2D eigenvalue weighted by Crippen LogP contribution is 2.19. The highest BCUT2D eigenvalue weighted by Gasteiger charge is 2.28. The molecule has 1 saturated heterocycles. The highest BCUT2D eigenvalue weighted by molar-refractivity contribution is 5.94. The van der Waals surface area contributed by atoms with Gasteiger partial charge in [0.15, 0.2) is 0 Å². The number of carboxylic acids is 1. The minimum absolute atomic E-state index is 0.0799. The molecule has 2 amide bonds. The molecule has 1 unspecified atom stereocenters. The van der Waals surface area contributed by atoms with Crippen LogP contribution in [0.15, 0.2) is 24.3 Å². The number of hydrogen-bond donors (Lipinski definition) is 2. The second kappa shape index (κ2) is 7.71. The topological polar surface area (TPSA) is 86.7 Å². The van der Waals surface area contributed by atoms with Gasteiger partial charge in [0.2, 0.25) is 5.91 Å². The fourth-order valence-corrected chi connectivity index (χ4v) is 2.59. The predicted octanol–water partition coefficient (Wildman–Crippen LogP) is 1.27. The van der Waals surface area contributed by atoms with Gasteiger partial charge >= 0.3 is 5.97 Å². The number of halogens is 1. The van der Waals surface area contributed by atoms with Gasteiger partial charge in [-0.05, 0) is 37.1 Å². The Morgan fingerprint density at radius 3 is 2.61 bits per heavy atom. The second-order valence-corrected chi connectivity index (χ2v) is 5.53. The molecule has 23 heavy (non-hydrogen) atoms. The Kier molecular flexibility index (Phi) is 5.67. The summed E-state index contributed by atoms with van der Waals surface area (Å²) in [7, 11) is 0. The van der Waals surface area contributed by atoms with E-state index in [0.29, 0.717) is 24.9 Å². The molecule has 1 heterocycles. The van der Waals surface area contributed by atoms with E-state index in [0.717, 1.165) is 0 Å². The molecule has 0 bridgehead atoms. The van der Waals surface area contributed by atoms with E-state index in [1.54, 1.807) is 4.90 Å². The summed E-state index contributed by atoms with van der Waals surface area (Å²) in [6.45, 7) is 0.917. The third-order valence-corrected chi connectivity index (χ3v) is 3.81. The molecule has 1 aliphatic rings. The summed E-state index contributed by atoms with van der Waals surface area (Å²) in [5.41, 5.74) is 0.387. The largest absolute Gasteiger partial charge is 0.481 e. The molecular weight excluding hydrogens is 303 g/mol. The number of likely N-dealkylation sites (tertiary alicyclic amines) is 1. The molecule has 7 heteroatoms. The molecule has 0 spiro atoms. The van der Waals surface area contributed by atoms with Gasteiger partial charge in [0, 0.05) is 25.2 Å². The SMILES string of the molecule is O=C(O)CCNC(=O)C1CCCN(C(=O)c2ccc(F)cc2)C1. The molecule has 1 aromatic carbocycles. The summed E-state index contributed by atoms with van der Waals surface area (Å²) in [6, 6.07) is 5.31. The molecule has 1 fully saturated rings. The first-order chi connectivity index (χ1) is 11.0. The fraction of sp³-hybridized carbons (Fsp3) is 0.438. The quantitative estimate of drug-likeness (QED) is 0.855. The smallest absolute Gasteiger partial charge is 0.305 e. The van der Waals surface area contributed by atoms with Gasteiger partial charge in [0.25, 0.3) is 5.91 Å². The summed E-state index contributed by atoms with van der Waals surface area (Å²) in [5, 5.41) is 11.1. The number of nitrogens with zero attached hydrogens (tertiary/aromatic N) is 1. The molecular formula is C16H19FN2O4. The van der Waals surface area contributed by atoms with E-state index in [1.165, 1.54) is 24.3 Å². The zero-order valence-corrected chi connectivity index (χ0v) is 12.6. The van der Waals surface area contributed by atoms with Crippen molar-refractivity contribution >= 4 is 17.8 Å². The maximum absolute atomic E-state index is 12.9. The van der Waals surface area contributed by atoms with Crippen LogP contribution in [-0.4, -0.2) is 47.4 Å². The molecule has 6 nitrogen and oxygen atoms in total. The molecule has 0 radical (unpaired) electrons. The number of carbonyl (C=O) groups is 3. The van der Waals surface area contributed by atoms with Crippen molar-refractivity contribution in [1.82, 2.24) is 10.2 Å². The Labute approximate surface area is 133 Å². The van der Waals surface area contributed by atoms with Crippen molar-refractivity contribution in [3.63, 3.8) is 0 Å². The van der Waals surface area contributed by atoms with E-state index in [1.807, 2.05) is 0 Å². The molecule has 2 rings (SSSR count). The summed E-state index contributed by atoms with van der Waals surface area (Å²) < 4.78 is 12.9. The number of benzene rings is 1. The number of amides is 2. The van der Waals surface area contributed by atoms with E-state index in [2.05, 4.69) is 5.32 Å². The molecule has 124 valence electrons. The average molecular weight is 322 g/mol. The Bertz CT molecular complexity index is 588. The van der Waals surface area contributed by atoms with Crippen LogP contribution >= 0.6 is 0 Å². The van der Waals surface area contributed by atoms with Crippen LogP contribution < -0.4 is 5.32 Å². The van der Waals surface area contributed by atoms with E-state index in [4.69, 9.17) is 5.11 Å². The van der Waals surface area contributed by atoms with Gasteiger partial charge in [-0.25, -0.2) is 4.39 Å². The third-order valence-electron chi connectivity index (χ3n) is 3.81. The Balaban J connectivity index is 1.92. The van der Waals surface area contributed by atoms with Gasteiger partial charge in [0.05, 0.1) is 12.3 Å². The molecule has 1 aliphatic heterocycles. The van der Waals surface area contributed by atoms with Gasteiger partial charge in [-0.15, -0.1) is 0 Å². The molecule has 1 aromatic rings. The first-order valence-electron chi connectivity index (χ1n) is 7.51. The van der Waals surface area contributed by atoms with Crippen molar-refractivity contribution in [1.29, 1.82) is 0 Å². The molecule has 1 atom stereocenters. The Hall–Kier alpha value is -2.44. The van der Waals surface area contributed by atoms with Crippen LogP contribution in [0.3, 0.4) is 0 Å². The highest BCUT2D eigenvalue weighted by atomic mass is 19.1. The number of carboxylic acid groups (broad SMARTS) is 1. The lowest BCUT2D eigenvalue weighted by atomic mass is 9.96.